The van der Waals surface area contributed by atoms with E-state index in [0.717, 1.165) is 52.2 Å². The molecule has 0 aliphatic heterocycles. The van der Waals surface area contributed by atoms with Crippen LogP contribution < -0.4 is 10.6 Å². The average molecular weight is 432 g/mol. The molecule has 0 radical (unpaired) electrons. The molecule has 1 saturated carbocycles. The van der Waals surface area contributed by atoms with Crippen LogP contribution in [0.5, 0.6) is 0 Å². The lowest BCUT2D eigenvalue weighted by Gasteiger charge is -2.26. The van der Waals surface area contributed by atoms with Crippen molar-refractivity contribution in [1.29, 1.82) is 0 Å². The third kappa shape index (κ3) is 4.54. The van der Waals surface area contributed by atoms with E-state index in [2.05, 4.69) is 28.9 Å². The van der Waals surface area contributed by atoms with Crippen LogP contribution in [-0.4, -0.2) is 16.8 Å². The van der Waals surface area contributed by atoms with Gasteiger partial charge in [-0.1, -0.05) is 36.4 Å². The number of rotatable bonds is 6. The van der Waals surface area contributed by atoms with Gasteiger partial charge in [-0.2, -0.15) is 0 Å². The summed E-state index contributed by atoms with van der Waals surface area (Å²) in [6.07, 6.45) is 7.78. The molecular formula is C25H25N3O2S. The molecule has 2 amide bonds. The van der Waals surface area contributed by atoms with Crippen LogP contribution in [0.1, 0.15) is 42.2 Å². The van der Waals surface area contributed by atoms with Gasteiger partial charge in [-0.3, -0.25) is 9.59 Å². The van der Waals surface area contributed by atoms with Crippen LogP contribution in [-0.2, 0) is 16.1 Å². The molecule has 31 heavy (non-hydrogen) atoms. The zero-order valence-electron chi connectivity index (χ0n) is 17.2. The van der Waals surface area contributed by atoms with Crippen molar-refractivity contribution < 1.29 is 9.59 Å². The molecule has 1 aromatic heterocycles. The van der Waals surface area contributed by atoms with Crippen LogP contribution in [0.15, 0.2) is 60.7 Å². The van der Waals surface area contributed by atoms with Crippen molar-refractivity contribution in [3.63, 3.8) is 0 Å². The summed E-state index contributed by atoms with van der Waals surface area (Å²) < 4.78 is 1.16. The highest BCUT2D eigenvalue weighted by molar-refractivity contribution is 7.18. The number of benzene rings is 2. The van der Waals surface area contributed by atoms with E-state index >= 15 is 0 Å². The molecule has 5 rings (SSSR count). The summed E-state index contributed by atoms with van der Waals surface area (Å²) in [6.45, 7) is 0.443. The summed E-state index contributed by atoms with van der Waals surface area (Å²) in [6, 6.07) is 15.8. The van der Waals surface area contributed by atoms with Gasteiger partial charge in [0.05, 0.1) is 21.1 Å². The van der Waals surface area contributed by atoms with E-state index in [1.807, 2.05) is 42.5 Å². The van der Waals surface area contributed by atoms with E-state index < -0.39 is 0 Å². The molecule has 2 unspecified atom stereocenters. The molecule has 2 aliphatic rings. The summed E-state index contributed by atoms with van der Waals surface area (Å²) in [4.78, 5) is 29.9. The molecule has 5 nitrogen and oxygen atoms in total. The van der Waals surface area contributed by atoms with Gasteiger partial charge in [0.2, 0.25) is 11.8 Å². The van der Waals surface area contributed by atoms with Crippen molar-refractivity contribution in [1.82, 2.24) is 10.3 Å². The lowest BCUT2D eigenvalue weighted by atomic mass is 9.82. The number of hydrogen-bond acceptors (Lipinski definition) is 4. The highest BCUT2D eigenvalue weighted by Crippen LogP contribution is 2.38. The summed E-state index contributed by atoms with van der Waals surface area (Å²) in [7, 11) is 0. The van der Waals surface area contributed by atoms with Crippen molar-refractivity contribution in [3.8, 4) is 0 Å². The Labute approximate surface area is 185 Å². The van der Waals surface area contributed by atoms with Gasteiger partial charge in [-0.25, -0.2) is 4.98 Å². The fourth-order valence-electron chi connectivity index (χ4n) is 4.09. The molecule has 158 valence electrons. The number of carbonyl (C=O) groups excluding carboxylic acids is 2. The fourth-order valence-corrected chi connectivity index (χ4v) is 5.24. The zero-order chi connectivity index (χ0) is 21.2. The molecule has 2 N–H and O–H groups in total. The van der Waals surface area contributed by atoms with Crippen molar-refractivity contribution in [3.05, 3.63) is 71.3 Å². The van der Waals surface area contributed by atoms with Gasteiger partial charge in [0.15, 0.2) is 0 Å². The quantitative estimate of drug-likeness (QED) is 0.539. The number of amides is 2. The highest BCUT2D eigenvalue weighted by atomic mass is 32.1. The van der Waals surface area contributed by atoms with Crippen LogP contribution in [0.3, 0.4) is 0 Å². The molecule has 2 atom stereocenters. The SMILES string of the molecule is O=C(Nc1cccc(CNC(=O)C2CC=CCC2c2nc3ccccc3s2)c1)C1CC1. The van der Waals surface area contributed by atoms with Crippen LogP contribution >= 0.6 is 11.3 Å². The number of nitrogens with zero attached hydrogens (tertiary/aromatic N) is 1. The largest absolute Gasteiger partial charge is 0.352 e. The number of aromatic nitrogens is 1. The van der Waals surface area contributed by atoms with E-state index in [4.69, 9.17) is 4.98 Å². The van der Waals surface area contributed by atoms with E-state index in [9.17, 15) is 9.59 Å². The number of nitrogens with one attached hydrogen (secondary N) is 2. The van der Waals surface area contributed by atoms with Gasteiger partial charge in [0.1, 0.15) is 0 Å². The topological polar surface area (TPSA) is 71.1 Å². The van der Waals surface area contributed by atoms with E-state index in [1.165, 1.54) is 0 Å². The van der Waals surface area contributed by atoms with Crippen molar-refractivity contribution in [2.24, 2.45) is 11.8 Å². The van der Waals surface area contributed by atoms with Gasteiger partial charge in [0.25, 0.3) is 0 Å². The summed E-state index contributed by atoms with van der Waals surface area (Å²) in [5.74, 6) is 0.298. The highest BCUT2D eigenvalue weighted by Gasteiger charge is 2.32. The van der Waals surface area contributed by atoms with Crippen LogP contribution in [0, 0.1) is 11.8 Å². The lowest BCUT2D eigenvalue weighted by molar-refractivity contribution is -0.126. The molecular weight excluding hydrogens is 406 g/mol. The maximum Gasteiger partial charge on any atom is 0.227 e. The first kappa shape index (κ1) is 19.9. The Morgan fingerprint density at radius 2 is 1.84 bits per heavy atom. The van der Waals surface area contributed by atoms with Crippen LogP contribution in [0.25, 0.3) is 10.2 Å². The lowest BCUT2D eigenvalue weighted by Crippen LogP contribution is -2.34. The predicted octanol–water partition coefficient (Wildman–Crippen LogP) is 5.01. The molecule has 0 bridgehead atoms. The second kappa shape index (κ2) is 8.63. The van der Waals surface area contributed by atoms with Crippen LogP contribution in [0.2, 0.25) is 0 Å². The normalized spacial score (nSPS) is 20.5. The van der Waals surface area contributed by atoms with Gasteiger partial charge in [-0.15, -0.1) is 11.3 Å². The second-order valence-corrected chi connectivity index (χ2v) is 9.42. The first-order valence-electron chi connectivity index (χ1n) is 10.9. The minimum Gasteiger partial charge on any atom is -0.352 e. The molecule has 1 heterocycles. The number of anilines is 1. The smallest absolute Gasteiger partial charge is 0.227 e. The molecule has 6 heteroatoms. The van der Waals surface area contributed by atoms with Crippen molar-refractivity contribution in [2.45, 2.75) is 38.1 Å². The molecule has 2 aliphatic carbocycles. The van der Waals surface area contributed by atoms with Gasteiger partial charge >= 0.3 is 0 Å². The van der Waals surface area contributed by atoms with E-state index in [-0.39, 0.29) is 29.6 Å². The molecule has 0 spiro atoms. The van der Waals surface area contributed by atoms with E-state index in [1.54, 1.807) is 11.3 Å². The fraction of sp³-hybridized carbons (Fsp3) is 0.320. The summed E-state index contributed by atoms with van der Waals surface area (Å²) in [5.41, 5.74) is 2.77. The Morgan fingerprint density at radius 3 is 2.68 bits per heavy atom. The van der Waals surface area contributed by atoms with Gasteiger partial charge < -0.3 is 10.6 Å². The summed E-state index contributed by atoms with van der Waals surface area (Å²) in [5, 5.41) is 7.12. The molecule has 1 fully saturated rings. The van der Waals surface area contributed by atoms with Gasteiger partial charge in [-0.05, 0) is 55.5 Å². The second-order valence-electron chi connectivity index (χ2n) is 8.36. The first-order chi connectivity index (χ1) is 15.2. The monoisotopic (exact) mass is 431 g/mol. The third-order valence-corrected chi connectivity index (χ3v) is 7.17. The minimum atomic E-state index is -0.122. The zero-order valence-corrected chi connectivity index (χ0v) is 18.0. The number of allylic oxidation sites excluding steroid dienone is 2. The number of hydrogen-bond donors (Lipinski definition) is 2. The first-order valence-corrected chi connectivity index (χ1v) is 11.7. The Hall–Kier alpha value is -2.99. The maximum absolute atomic E-state index is 13.1. The Morgan fingerprint density at radius 1 is 1.00 bits per heavy atom. The van der Waals surface area contributed by atoms with Gasteiger partial charge in [0, 0.05) is 24.1 Å². The molecule has 3 aromatic rings. The Bertz CT molecular complexity index is 1120. The standard InChI is InChI=1S/C25H25N3O2S/c29-23(17-12-13-17)27-18-7-5-6-16(14-18)15-26-24(30)19-8-1-2-9-20(19)25-28-21-10-3-4-11-22(21)31-25/h1-7,10-11,14,17,19-20H,8-9,12-13,15H2,(H,26,30)(H,27,29). The molecule has 0 saturated heterocycles. The number of carbonyl (C=O) groups is 2. The molecule has 2 aromatic carbocycles. The predicted molar refractivity (Wildman–Crippen MR) is 124 cm³/mol. The third-order valence-electron chi connectivity index (χ3n) is 6.01. The van der Waals surface area contributed by atoms with Crippen molar-refractivity contribution >= 4 is 39.1 Å². The Balaban J connectivity index is 1.25. The maximum atomic E-state index is 13.1. The number of para-hydroxylation sites is 1. The minimum absolute atomic E-state index is 0.0565. The number of thiazole rings is 1. The Kier molecular flexibility index (Phi) is 5.55. The average Bonchev–Trinajstić information content (AvgIpc) is 3.56. The van der Waals surface area contributed by atoms with E-state index in [0.29, 0.717) is 6.54 Å². The van der Waals surface area contributed by atoms with Crippen molar-refractivity contribution in [2.75, 3.05) is 5.32 Å². The van der Waals surface area contributed by atoms with Crippen LogP contribution in [0.4, 0.5) is 5.69 Å². The number of fused-ring (bicyclic) bond motifs is 1. The summed E-state index contributed by atoms with van der Waals surface area (Å²) >= 11 is 1.69.